The largest absolute Gasteiger partial charge is 0.480 e. The molecule has 6 amide bonds. The van der Waals surface area contributed by atoms with Crippen LogP contribution in [0.2, 0.25) is 0 Å². The van der Waals surface area contributed by atoms with Crippen LogP contribution in [0.15, 0.2) is 42.5 Å². The van der Waals surface area contributed by atoms with Gasteiger partial charge in [-0.15, -0.1) is 0 Å². The van der Waals surface area contributed by atoms with Crippen LogP contribution < -0.4 is 10.6 Å². The van der Waals surface area contributed by atoms with E-state index in [1.165, 1.54) is 24.1 Å². The van der Waals surface area contributed by atoms with Crippen molar-refractivity contribution in [2.75, 3.05) is 81.0 Å². The van der Waals surface area contributed by atoms with Crippen LogP contribution in [0.5, 0.6) is 0 Å². The molecule has 2 heterocycles. The molecular weight excluding hydrogens is 949 g/mol. The summed E-state index contributed by atoms with van der Waals surface area (Å²) in [5.74, 6) is -4.47. The fraction of sp³-hybridized carbons (Fsp3) is 0.692. The van der Waals surface area contributed by atoms with E-state index in [-0.39, 0.29) is 113 Å². The van der Waals surface area contributed by atoms with E-state index in [2.05, 4.69) is 10.6 Å². The van der Waals surface area contributed by atoms with Crippen molar-refractivity contribution in [3.8, 4) is 0 Å². The number of ether oxygens (including phenoxy) is 5. The van der Waals surface area contributed by atoms with Crippen molar-refractivity contribution in [1.82, 2.24) is 30.2 Å². The molecule has 0 aliphatic carbocycles. The Morgan fingerprint density at radius 3 is 1.93 bits per heavy atom. The maximum Gasteiger partial charge on any atom is 0.326 e. The molecule has 404 valence electrons. The maximum atomic E-state index is 14.5. The molecule has 0 unspecified atom stereocenters. The summed E-state index contributed by atoms with van der Waals surface area (Å²) in [6.07, 6.45) is 3.61. The lowest BCUT2D eigenvalue weighted by atomic mass is 9.87. The monoisotopic (exact) mass is 1030 g/mol. The first-order chi connectivity index (χ1) is 34.2. The highest BCUT2D eigenvalue weighted by molar-refractivity contribution is 7.80. The highest BCUT2D eigenvalue weighted by atomic mass is 32.1. The first kappa shape index (κ1) is 61.6. The van der Waals surface area contributed by atoms with Crippen molar-refractivity contribution in [2.45, 2.75) is 129 Å². The van der Waals surface area contributed by atoms with E-state index < -0.39 is 60.1 Å². The molecule has 72 heavy (non-hydrogen) atoms. The van der Waals surface area contributed by atoms with E-state index in [9.17, 15) is 38.7 Å². The van der Waals surface area contributed by atoms with Crippen molar-refractivity contribution in [3.63, 3.8) is 0 Å². The number of aliphatic carboxylic acids is 1. The summed E-state index contributed by atoms with van der Waals surface area (Å²) in [7, 11) is 6.48. The molecule has 9 atom stereocenters. The van der Waals surface area contributed by atoms with Crippen LogP contribution in [-0.4, -0.2) is 195 Å². The van der Waals surface area contributed by atoms with E-state index >= 15 is 0 Å². The van der Waals surface area contributed by atoms with Crippen LogP contribution >= 0.6 is 12.2 Å². The zero-order valence-electron chi connectivity index (χ0n) is 44.3. The van der Waals surface area contributed by atoms with Gasteiger partial charge in [0.1, 0.15) is 12.1 Å². The van der Waals surface area contributed by atoms with Crippen LogP contribution in [0.25, 0.3) is 0 Å². The van der Waals surface area contributed by atoms with Gasteiger partial charge in [-0.1, -0.05) is 97.4 Å². The molecule has 0 radical (unpaired) electrons. The summed E-state index contributed by atoms with van der Waals surface area (Å²) in [6.45, 7) is 15.3. The number of likely N-dealkylation sites (tertiary alicyclic amines) is 1. The molecule has 3 rings (SSSR count). The smallest absolute Gasteiger partial charge is 0.326 e. The van der Waals surface area contributed by atoms with Crippen molar-refractivity contribution in [2.24, 2.45) is 23.7 Å². The van der Waals surface area contributed by atoms with Gasteiger partial charge in [0.05, 0.1) is 88.3 Å². The van der Waals surface area contributed by atoms with E-state index in [1.807, 2.05) is 81.8 Å². The predicted molar refractivity (Wildman–Crippen MR) is 275 cm³/mol. The number of hydrogen-bond donors (Lipinski definition) is 3. The van der Waals surface area contributed by atoms with E-state index in [1.54, 1.807) is 28.1 Å². The summed E-state index contributed by atoms with van der Waals surface area (Å²) in [5, 5.41) is 15.7. The van der Waals surface area contributed by atoms with Crippen LogP contribution in [0.1, 0.15) is 86.1 Å². The number of methoxy groups -OCH3 is 2. The standard InChI is InChI=1S/C52H82N6O13S/c1-12-35(6)47(40(67-10)32-44(62)57-23-16-19-39(57)48(68-11)36(7)51(72)53-38(52(65)66)31-37-17-14-13-15-18-37)56(9)46(34(4)5)50(64)54-49(63)45(33(2)3)55(8)41(59)22-25-69-27-29-71-30-28-70-26-24-58-42(60)20-21-43(58)61/h13-15,17-18,20-21,33-36,38-40,45-48H,12,16,19,22-32H2,1-11H3,(H,53,72)(H,65,66)(H,54,63,64)/t35-,36+,38-,39-,40+,45-,46-,47-,48+/m0/s1. The fourth-order valence-corrected chi connectivity index (χ4v) is 10.00. The summed E-state index contributed by atoms with van der Waals surface area (Å²) in [5.41, 5.74) is 0.855. The Kier molecular flexibility index (Phi) is 26.6. The van der Waals surface area contributed by atoms with Crippen molar-refractivity contribution in [1.29, 1.82) is 0 Å². The highest BCUT2D eigenvalue weighted by Crippen LogP contribution is 2.31. The number of likely N-dealkylation sites (N-methyl/N-ethyl adjacent to an activating group) is 2. The minimum atomic E-state index is -1.03. The third kappa shape index (κ3) is 18.1. The second kappa shape index (κ2) is 31.1. The number of amides is 6. The van der Waals surface area contributed by atoms with Crippen LogP contribution in [0.3, 0.4) is 0 Å². The number of carbonyl (C=O) groups is 7. The molecule has 1 aromatic carbocycles. The molecule has 0 spiro atoms. The Balaban J connectivity index is 1.60. The molecule has 0 aromatic heterocycles. The molecule has 19 nitrogen and oxygen atoms in total. The Bertz CT molecular complexity index is 1960. The lowest BCUT2D eigenvalue weighted by Gasteiger charge is -2.43. The molecule has 1 aromatic rings. The number of thiocarbonyl (C=S) groups is 1. The van der Waals surface area contributed by atoms with Gasteiger partial charge in [-0.2, -0.15) is 0 Å². The average molecular weight is 1030 g/mol. The predicted octanol–water partition coefficient (Wildman–Crippen LogP) is 3.51. The Morgan fingerprint density at radius 1 is 0.819 bits per heavy atom. The third-order valence-corrected chi connectivity index (χ3v) is 14.2. The number of hydrogen-bond acceptors (Lipinski definition) is 14. The van der Waals surface area contributed by atoms with E-state index in [0.717, 1.165) is 16.9 Å². The average Bonchev–Trinajstić information content (AvgIpc) is 3.95. The minimum absolute atomic E-state index is 0.00449. The fourth-order valence-electron chi connectivity index (χ4n) is 9.72. The normalized spacial score (nSPS) is 18.2. The molecule has 3 N–H and O–H groups in total. The van der Waals surface area contributed by atoms with Gasteiger partial charge in [-0.25, -0.2) is 4.79 Å². The molecule has 0 bridgehead atoms. The van der Waals surface area contributed by atoms with Gasteiger partial charge in [-0.3, -0.25) is 43.9 Å². The van der Waals surface area contributed by atoms with E-state index in [0.29, 0.717) is 24.4 Å². The van der Waals surface area contributed by atoms with Gasteiger partial charge in [0, 0.05) is 58.3 Å². The number of benzene rings is 1. The number of carboxylic acid groups (broad SMARTS) is 1. The van der Waals surface area contributed by atoms with Crippen molar-refractivity contribution in [3.05, 3.63) is 48.0 Å². The number of carbonyl (C=O) groups excluding carboxylic acids is 6. The number of nitrogens with zero attached hydrogens (tertiary/aromatic N) is 4. The van der Waals surface area contributed by atoms with Gasteiger partial charge in [0.25, 0.3) is 11.8 Å². The van der Waals surface area contributed by atoms with Crippen molar-refractivity contribution < 1.29 is 62.4 Å². The third-order valence-electron chi connectivity index (χ3n) is 13.7. The zero-order chi connectivity index (χ0) is 53.7. The molecule has 2 aliphatic heterocycles. The van der Waals surface area contributed by atoms with Crippen LogP contribution in [0, 0.1) is 23.7 Å². The summed E-state index contributed by atoms with van der Waals surface area (Å²) >= 11 is 5.78. The van der Waals surface area contributed by atoms with Crippen LogP contribution in [-0.2, 0) is 63.7 Å². The highest BCUT2D eigenvalue weighted by Gasteiger charge is 2.44. The number of imide groups is 2. The molecule has 1 fully saturated rings. The maximum absolute atomic E-state index is 14.5. The lowest BCUT2D eigenvalue weighted by molar-refractivity contribution is -0.146. The van der Waals surface area contributed by atoms with E-state index in [4.69, 9.17) is 35.9 Å². The Morgan fingerprint density at radius 2 is 1.39 bits per heavy atom. The van der Waals surface area contributed by atoms with Gasteiger partial charge in [0.2, 0.25) is 23.6 Å². The van der Waals surface area contributed by atoms with Gasteiger partial charge < -0.3 is 43.9 Å². The topological polar surface area (TPSA) is 223 Å². The second-order valence-electron chi connectivity index (χ2n) is 19.4. The molecular formula is C52H82N6O13S. The van der Waals surface area contributed by atoms with Crippen LogP contribution in [0.4, 0.5) is 0 Å². The molecule has 1 saturated heterocycles. The summed E-state index contributed by atoms with van der Waals surface area (Å²) < 4.78 is 28.7. The SMILES string of the molecule is CC[C@H](C)[C@@H]([C@@H](CC(=O)N1CCC[C@H]1[C@H](OC)[C@@H](C)C(=S)N[C@@H](Cc1ccccc1)C(=O)O)OC)N(C)[C@H](C(=O)NC(=O)[C@H](C(C)C)N(C)C(=O)CCOCCOCCOCCN1C(=O)C=CC1=O)C(C)C. The first-order valence-electron chi connectivity index (χ1n) is 25.2. The minimum Gasteiger partial charge on any atom is -0.480 e. The van der Waals surface area contributed by atoms with Gasteiger partial charge in [-0.05, 0) is 43.2 Å². The summed E-state index contributed by atoms with van der Waals surface area (Å²) in [4.78, 5) is 98.1. The molecule has 2 aliphatic rings. The molecule has 20 heteroatoms. The zero-order valence-corrected chi connectivity index (χ0v) is 45.2. The first-order valence-corrected chi connectivity index (χ1v) is 25.6. The second-order valence-corrected chi connectivity index (χ2v) is 19.8. The number of carboxylic acids is 1. The summed E-state index contributed by atoms with van der Waals surface area (Å²) in [6, 6.07) is 5.82. The molecule has 0 saturated carbocycles. The quantitative estimate of drug-likeness (QED) is 0.0521. The van der Waals surface area contributed by atoms with Gasteiger partial charge in [0.15, 0.2) is 0 Å². The van der Waals surface area contributed by atoms with Gasteiger partial charge >= 0.3 is 5.97 Å². The Hall–Kier alpha value is -4.70. The Labute approximate surface area is 432 Å². The van der Waals surface area contributed by atoms with Crippen molar-refractivity contribution >= 4 is 58.6 Å². The lowest BCUT2D eigenvalue weighted by Crippen LogP contribution is -2.60. The number of rotatable bonds is 33. The number of nitrogens with one attached hydrogen (secondary N) is 2.